The number of hydrogen-bond donors (Lipinski definition) is 6. The van der Waals surface area contributed by atoms with Gasteiger partial charge in [0.2, 0.25) is 11.8 Å². The predicted molar refractivity (Wildman–Crippen MR) is 78.3 cm³/mol. The highest BCUT2D eigenvalue weighted by Gasteiger charge is 2.29. The van der Waals surface area contributed by atoms with E-state index >= 15 is 0 Å². The Hall–Kier alpha value is -2.20. The molecule has 7 N–H and O–H groups in total. The third-order valence-corrected chi connectivity index (χ3v) is 3.05. The monoisotopic (exact) mass is 333 g/mol. The van der Waals surface area contributed by atoms with Gasteiger partial charge in [-0.15, -0.1) is 0 Å². The standard InChI is InChI=1S/C13H23N3O7/c1-6(2)10(13(22)23)16-12(21)8(5-17)15-11(20)7(14)3-4-9(18)19/h6-8,10,17H,3-5,14H2,1-2H3,(H,15,20)(H,16,21)(H,18,19)(H,22,23)/t7-,8-,10+/m1/s1. The maximum absolute atomic E-state index is 11.9. The number of nitrogens with two attached hydrogens (primary N) is 1. The highest BCUT2D eigenvalue weighted by atomic mass is 16.4. The summed E-state index contributed by atoms with van der Waals surface area (Å²) < 4.78 is 0. The van der Waals surface area contributed by atoms with Crippen molar-refractivity contribution in [3.05, 3.63) is 0 Å². The van der Waals surface area contributed by atoms with E-state index in [9.17, 15) is 24.3 Å². The summed E-state index contributed by atoms with van der Waals surface area (Å²) in [4.78, 5) is 45.1. The van der Waals surface area contributed by atoms with Crippen molar-refractivity contribution in [2.75, 3.05) is 6.61 Å². The van der Waals surface area contributed by atoms with Crippen molar-refractivity contribution in [1.29, 1.82) is 0 Å². The molecular weight excluding hydrogens is 310 g/mol. The number of carbonyl (C=O) groups is 4. The van der Waals surface area contributed by atoms with E-state index in [0.717, 1.165) is 0 Å². The number of rotatable bonds is 10. The highest BCUT2D eigenvalue weighted by molar-refractivity contribution is 5.92. The number of carbonyl (C=O) groups excluding carboxylic acids is 2. The molecular formula is C13H23N3O7. The summed E-state index contributed by atoms with van der Waals surface area (Å²) >= 11 is 0. The van der Waals surface area contributed by atoms with Crippen LogP contribution in [0.25, 0.3) is 0 Å². The van der Waals surface area contributed by atoms with Gasteiger partial charge in [0.1, 0.15) is 12.1 Å². The van der Waals surface area contributed by atoms with Crippen LogP contribution in [-0.4, -0.2) is 63.8 Å². The average Bonchev–Trinajstić information content (AvgIpc) is 2.46. The number of amides is 2. The maximum atomic E-state index is 11.9. The van der Waals surface area contributed by atoms with Crippen LogP contribution in [0.5, 0.6) is 0 Å². The van der Waals surface area contributed by atoms with Crippen LogP contribution in [0, 0.1) is 5.92 Å². The Morgan fingerprint density at radius 3 is 2.00 bits per heavy atom. The molecule has 0 saturated heterocycles. The topological polar surface area (TPSA) is 179 Å². The number of aliphatic hydroxyl groups is 1. The molecule has 0 spiro atoms. The molecule has 2 amide bonds. The van der Waals surface area contributed by atoms with Crippen LogP contribution in [0.3, 0.4) is 0 Å². The van der Waals surface area contributed by atoms with Gasteiger partial charge in [0.05, 0.1) is 12.6 Å². The normalized spacial score (nSPS) is 14.7. The SMILES string of the molecule is CC(C)[C@H](NC(=O)[C@@H](CO)NC(=O)[C@H](N)CCC(=O)O)C(=O)O. The molecule has 0 bridgehead atoms. The summed E-state index contributed by atoms with van der Waals surface area (Å²) in [5.74, 6) is -4.44. The zero-order chi connectivity index (χ0) is 18.2. The first-order valence-electron chi connectivity index (χ1n) is 7.01. The minimum Gasteiger partial charge on any atom is -0.481 e. The summed E-state index contributed by atoms with van der Waals surface area (Å²) in [5, 5.41) is 31.1. The first-order valence-corrected chi connectivity index (χ1v) is 7.01. The van der Waals surface area contributed by atoms with Gasteiger partial charge in [0, 0.05) is 6.42 Å². The molecule has 10 nitrogen and oxygen atoms in total. The van der Waals surface area contributed by atoms with Crippen LogP contribution < -0.4 is 16.4 Å². The predicted octanol–water partition coefficient (Wildman–Crippen LogP) is -2.12. The van der Waals surface area contributed by atoms with Crippen molar-refractivity contribution in [3.63, 3.8) is 0 Å². The molecule has 0 heterocycles. The van der Waals surface area contributed by atoms with E-state index in [1.54, 1.807) is 13.8 Å². The van der Waals surface area contributed by atoms with Crippen molar-refractivity contribution in [2.45, 2.75) is 44.8 Å². The lowest BCUT2D eigenvalue weighted by Crippen LogP contribution is -2.56. The van der Waals surface area contributed by atoms with E-state index in [-0.39, 0.29) is 12.8 Å². The Morgan fingerprint density at radius 1 is 1.04 bits per heavy atom. The van der Waals surface area contributed by atoms with Gasteiger partial charge >= 0.3 is 11.9 Å². The fraction of sp³-hybridized carbons (Fsp3) is 0.692. The second-order valence-electron chi connectivity index (χ2n) is 5.35. The van der Waals surface area contributed by atoms with E-state index < -0.39 is 54.4 Å². The van der Waals surface area contributed by atoms with Crippen molar-refractivity contribution in [3.8, 4) is 0 Å². The van der Waals surface area contributed by atoms with E-state index in [1.807, 2.05) is 0 Å². The summed E-state index contributed by atoms with van der Waals surface area (Å²) in [7, 11) is 0. The smallest absolute Gasteiger partial charge is 0.326 e. The molecule has 0 aliphatic rings. The number of carboxylic acids is 2. The lowest BCUT2D eigenvalue weighted by Gasteiger charge is -2.23. The minimum atomic E-state index is -1.38. The molecule has 132 valence electrons. The molecule has 3 atom stereocenters. The molecule has 0 rings (SSSR count). The Balaban J connectivity index is 4.69. The van der Waals surface area contributed by atoms with Crippen LogP contribution in [-0.2, 0) is 19.2 Å². The van der Waals surface area contributed by atoms with Crippen LogP contribution in [0.4, 0.5) is 0 Å². The zero-order valence-corrected chi connectivity index (χ0v) is 13.0. The molecule has 0 radical (unpaired) electrons. The second kappa shape index (κ2) is 9.74. The lowest BCUT2D eigenvalue weighted by molar-refractivity contribution is -0.143. The molecule has 0 saturated carbocycles. The van der Waals surface area contributed by atoms with Gasteiger partial charge in [-0.1, -0.05) is 13.8 Å². The highest BCUT2D eigenvalue weighted by Crippen LogP contribution is 2.02. The van der Waals surface area contributed by atoms with Crippen LogP contribution in [0.1, 0.15) is 26.7 Å². The van der Waals surface area contributed by atoms with Gasteiger partial charge in [0.15, 0.2) is 0 Å². The number of nitrogens with one attached hydrogen (secondary N) is 2. The van der Waals surface area contributed by atoms with Crippen LogP contribution >= 0.6 is 0 Å². The molecule has 0 aliphatic carbocycles. The third kappa shape index (κ3) is 7.56. The number of carboxylic acid groups (broad SMARTS) is 2. The zero-order valence-electron chi connectivity index (χ0n) is 13.0. The number of hydrogen-bond acceptors (Lipinski definition) is 6. The first kappa shape index (κ1) is 20.8. The quantitative estimate of drug-likeness (QED) is 0.262. The lowest BCUT2D eigenvalue weighted by atomic mass is 10.0. The molecule has 0 aromatic carbocycles. The van der Waals surface area contributed by atoms with Crippen molar-refractivity contribution in [1.82, 2.24) is 10.6 Å². The number of aliphatic carboxylic acids is 2. The fourth-order valence-corrected chi connectivity index (χ4v) is 1.65. The Bertz CT molecular complexity index is 453. The van der Waals surface area contributed by atoms with Gasteiger partial charge in [-0.25, -0.2) is 4.79 Å². The molecule has 0 fully saturated rings. The van der Waals surface area contributed by atoms with Crippen molar-refractivity contribution in [2.24, 2.45) is 11.7 Å². The Morgan fingerprint density at radius 2 is 1.61 bits per heavy atom. The molecule has 0 unspecified atom stereocenters. The maximum Gasteiger partial charge on any atom is 0.326 e. The van der Waals surface area contributed by atoms with E-state index in [2.05, 4.69) is 10.6 Å². The summed E-state index contributed by atoms with van der Waals surface area (Å²) in [6.07, 6.45) is -0.455. The first-order chi connectivity index (χ1) is 10.6. The Kier molecular flexibility index (Phi) is 8.81. The van der Waals surface area contributed by atoms with Gasteiger partial charge in [-0.05, 0) is 12.3 Å². The Labute approximate surface area is 133 Å². The fourth-order valence-electron chi connectivity index (χ4n) is 1.65. The van der Waals surface area contributed by atoms with Crippen LogP contribution in [0.2, 0.25) is 0 Å². The van der Waals surface area contributed by atoms with Gasteiger partial charge in [-0.3, -0.25) is 14.4 Å². The van der Waals surface area contributed by atoms with Gasteiger partial charge < -0.3 is 31.7 Å². The van der Waals surface area contributed by atoms with E-state index in [4.69, 9.17) is 15.9 Å². The molecule has 23 heavy (non-hydrogen) atoms. The van der Waals surface area contributed by atoms with E-state index in [1.165, 1.54) is 0 Å². The molecule has 0 aromatic heterocycles. The third-order valence-electron chi connectivity index (χ3n) is 3.05. The summed E-state index contributed by atoms with van der Waals surface area (Å²) in [5.41, 5.74) is 5.48. The van der Waals surface area contributed by atoms with Crippen LogP contribution in [0.15, 0.2) is 0 Å². The largest absolute Gasteiger partial charge is 0.481 e. The van der Waals surface area contributed by atoms with Gasteiger partial charge in [0.25, 0.3) is 0 Å². The summed E-state index contributed by atoms with van der Waals surface area (Å²) in [6, 6.07) is -3.71. The number of aliphatic hydroxyl groups excluding tert-OH is 1. The van der Waals surface area contributed by atoms with Crippen molar-refractivity contribution < 1.29 is 34.5 Å². The molecule has 0 aliphatic heterocycles. The molecule has 10 heteroatoms. The van der Waals surface area contributed by atoms with Gasteiger partial charge in [-0.2, -0.15) is 0 Å². The van der Waals surface area contributed by atoms with Crippen molar-refractivity contribution >= 4 is 23.8 Å². The average molecular weight is 333 g/mol. The van der Waals surface area contributed by atoms with E-state index in [0.29, 0.717) is 0 Å². The molecule has 0 aromatic rings. The minimum absolute atomic E-state index is 0.134. The second-order valence-corrected chi connectivity index (χ2v) is 5.35. The summed E-state index contributed by atoms with van der Waals surface area (Å²) in [6.45, 7) is 2.43.